The van der Waals surface area contributed by atoms with E-state index in [1.807, 2.05) is 36.4 Å². The molecule has 1 amide bonds. The van der Waals surface area contributed by atoms with Crippen LogP contribution in [-0.2, 0) is 4.79 Å². The maximum Gasteiger partial charge on any atom is 0.280 e. The van der Waals surface area contributed by atoms with Crippen LogP contribution in [0, 0.1) is 20.8 Å². The second-order valence-corrected chi connectivity index (χ2v) is 5.61. The highest BCUT2D eigenvalue weighted by Gasteiger charge is 2.24. The van der Waals surface area contributed by atoms with E-state index < -0.39 is 0 Å². The molecule has 0 unspecified atom stereocenters. The number of rotatable bonds is 2. The normalized spacial score (nSPS) is 15.9. The zero-order valence-corrected chi connectivity index (χ0v) is 13.0. The van der Waals surface area contributed by atoms with E-state index in [0.29, 0.717) is 5.57 Å². The predicted octanol–water partition coefficient (Wildman–Crippen LogP) is 4.03. The molecule has 0 saturated carbocycles. The Hall–Kier alpha value is -2.68. The highest BCUT2D eigenvalue weighted by atomic mass is 16.2. The molecular formula is C19H18N2O. The van der Waals surface area contributed by atoms with Crippen LogP contribution in [0.5, 0.6) is 0 Å². The lowest BCUT2D eigenvalue weighted by Gasteiger charge is -2.12. The number of carbonyl (C=O) groups excluding carboxylic acids is 1. The minimum Gasteiger partial charge on any atom is -0.267 e. The van der Waals surface area contributed by atoms with E-state index in [1.165, 1.54) is 21.7 Å². The second kappa shape index (κ2) is 5.60. The topological polar surface area (TPSA) is 32.7 Å². The fourth-order valence-corrected chi connectivity index (χ4v) is 2.78. The zero-order chi connectivity index (χ0) is 15.7. The molecule has 2 aromatic carbocycles. The lowest BCUT2D eigenvalue weighted by atomic mass is 9.98. The van der Waals surface area contributed by atoms with Crippen LogP contribution in [0.3, 0.4) is 0 Å². The van der Waals surface area contributed by atoms with Crippen LogP contribution >= 0.6 is 0 Å². The van der Waals surface area contributed by atoms with E-state index in [2.05, 4.69) is 38.0 Å². The third-order valence-corrected chi connectivity index (χ3v) is 3.79. The summed E-state index contributed by atoms with van der Waals surface area (Å²) in [7, 11) is 0. The first-order valence-corrected chi connectivity index (χ1v) is 7.29. The average Bonchev–Trinajstić information content (AvgIpc) is 2.85. The molecule has 3 heteroatoms. The summed E-state index contributed by atoms with van der Waals surface area (Å²) in [6.45, 7) is 6.21. The zero-order valence-electron chi connectivity index (χ0n) is 13.0. The van der Waals surface area contributed by atoms with Gasteiger partial charge in [0.2, 0.25) is 0 Å². The Morgan fingerprint density at radius 2 is 1.64 bits per heavy atom. The molecule has 0 radical (unpaired) electrons. The quantitative estimate of drug-likeness (QED) is 0.769. The van der Waals surface area contributed by atoms with Gasteiger partial charge in [-0.25, -0.2) is 0 Å². The number of hydrogen-bond acceptors (Lipinski definition) is 2. The number of amides is 1. The van der Waals surface area contributed by atoms with Crippen LogP contribution in [0.15, 0.2) is 53.1 Å². The van der Waals surface area contributed by atoms with Crippen molar-refractivity contribution >= 4 is 23.9 Å². The van der Waals surface area contributed by atoms with Crippen molar-refractivity contribution in [3.63, 3.8) is 0 Å². The van der Waals surface area contributed by atoms with Crippen molar-refractivity contribution in [3.8, 4) is 0 Å². The molecule has 0 aliphatic carbocycles. The van der Waals surface area contributed by atoms with Gasteiger partial charge < -0.3 is 0 Å². The van der Waals surface area contributed by atoms with E-state index in [0.717, 1.165) is 11.3 Å². The predicted molar refractivity (Wildman–Crippen MR) is 91.1 cm³/mol. The van der Waals surface area contributed by atoms with Crippen LogP contribution in [0.4, 0.5) is 5.69 Å². The van der Waals surface area contributed by atoms with Gasteiger partial charge in [0.25, 0.3) is 5.91 Å². The molecule has 3 rings (SSSR count). The smallest absolute Gasteiger partial charge is 0.267 e. The lowest BCUT2D eigenvalue weighted by molar-refractivity contribution is -0.114. The Labute approximate surface area is 130 Å². The number of hydrazone groups is 1. The van der Waals surface area contributed by atoms with Crippen LogP contribution in [0.2, 0.25) is 0 Å². The van der Waals surface area contributed by atoms with E-state index in [-0.39, 0.29) is 5.91 Å². The van der Waals surface area contributed by atoms with Gasteiger partial charge >= 0.3 is 0 Å². The maximum atomic E-state index is 12.5. The van der Waals surface area contributed by atoms with E-state index in [4.69, 9.17) is 0 Å². The van der Waals surface area contributed by atoms with E-state index in [9.17, 15) is 4.79 Å². The Bertz CT molecular complexity index is 765. The molecule has 1 aliphatic heterocycles. The summed E-state index contributed by atoms with van der Waals surface area (Å²) < 4.78 is 0. The first-order chi connectivity index (χ1) is 10.6. The van der Waals surface area contributed by atoms with Crippen LogP contribution < -0.4 is 5.01 Å². The molecule has 1 heterocycles. The summed E-state index contributed by atoms with van der Waals surface area (Å²) >= 11 is 0. The largest absolute Gasteiger partial charge is 0.280 e. The van der Waals surface area contributed by atoms with E-state index in [1.54, 1.807) is 6.21 Å². The minimum absolute atomic E-state index is 0.0921. The summed E-state index contributed by atoms with van der Waals surface area (Å²) in [4.78, 5) is 12.5. The van der Waals surface area contributed by atoms with Crippen LogP contribution in [0.25, 0.3) is 6.08 Å². The number of carbonyl (C=O) groups is 1. The van der Waals surface area contributed by atoms with Crippen molar-refractivity contribution in [2.24, 2.45) is 5.10 Å². The SMILES string of the molecule is Cc1cc(C)c(/C=C2\C=NN(c3ccccc3)C2=O)c(C)c1. The summed E-state index contributed by atoms with van der Waals surface area (Å²) in [5.41, 5.74) is 6.06. The number of hydrogen-bond donors (Lipinski definition) is 0. The Morgan fingerprint density at radius 1 is 1.00 bits per heavy atom. The van der Waals surface area contributed by atoms with Gasteiger partial charge in [0.1, 0.15) is 0 Å². The van der Waals surface area contributed by atoms with Crippen LogP contribution in [0.1, 0.15) is 22.3 Å². The molecule has 1 aliphatic rings. The Kier molecular flexibility index (Phi) is 3.63. The molecule has 0 fully saturated rings. The second-order valence-electron chi connectivity index (χ2n) is 5.61. The van der Waals surface area contributed by atoms with Gasteiger partial charge in [-0.05, 0) is 55.7 Å². The first-order valence-electron chi connectivity index (χ1n) is 7.29. The molecule has 0 atom stereocenters. The molecule has 3 nitrogen and oxygen atoms in total. The van der Waals surface area contributed by atoms with Crippen molar-refractivity contribution in [3.05, 3.63) is 70.3 Å². The highest BCUT2D eigenvalue weighted by molar-refractivity contribution is 6.25. The molecule has 110 valence electrons. The summed E-state index contributed by atoms with van der Waals surface area (Å²) in [5, 5.41) is 5.67. The van der Waals surface area contributed by atoms with Crippen molar-refractivity contribution in [2.45, 2.75) is 20.8 Å². The number of benzene rings is 2. The third kappa shape index (κ3) is 2.58. The van der Waals surface area contributed by atoms with Gasteiger partial charge in [0, 0.05) is 0 Å². The Balaban J connectivity index is 1.95. The number of para-hydroxylation sites is 1. The fourth-order valence-electron chi connectivity index (χ4n) is 2.78. The van der Waals surface area contributed by atoms with Gasteiger partial charge in [-0.15, -0.1) is 0 Å². The van der Waals surface area contributed by atoms with Crippen molar-refractivity contribution in [1.29, 1.82) is 0 Å². The average molecular weight is 290 g/mol. The van der Waals surface area contributed by atoms with Gasteiger partial charge in [0.05, 0.1) is 17.5 Å². The maximum absolute atomic E-state index is 12.5. The third-order valence-electron chi connectivity index (χ3n) is 3.79. The monoisotopic (exact) mass is 290 g/mol. The van der Waals surface area contributed by atoms with Gasteiger partial charge in [-0.1, -0.05) is 35.9 Å². The van der Waals surface area contributed by atoms with Gasteiger partial charge in [-0.3, -0.25) is 4.79 Å². The minimum atomic E-state index is -0.0921. The fraction of sp³-hybridized carbons (Fsp3) is 0.158. The van der Waals surface area contributed by atoms with Crippen LogP contribution in [-0.4, -0.2) is 12.1 Å². The van der Waals surface area contributed by atoms with E-state index >= 15 is 0 Å². The highest BCUT2D eigenvalue weighted by Crippen LogP contribution is 2.24. The standard InChI is InChI=1S/C19H18N2O/c1-13-9-14(2)18(15(3)10-13)11-16-12-20-21(19(16)22)17-7-5-4-6-8-17/h4-12H,1-3H3/b16-11+. The number of nitrogens with zero attached hydrogens (tertiary/aromatic N) is 2. The van der Waals surface area contributed by atoms with Crippen molar-refractivity contribution in [1.82, 2.24) is 0 Å². The molecule has 0 saturated heterocycles. The molecule has 2 aromatic rings. The molecule has 0 aromatic heterocycles. The van der Waals surface area contributed by atoms with Crippen molar-refractivity contribution in [2.75, 3.05) is 5.01 Å². The van der Waals surface area contributed by atoms with Crippen molar-refractivity contribution < 1.29 is 4.79 Å². The molecule has 0 spiro atoms. The van der Waals surface area contributed by atoms with Gasteiger partial charge in [-0.2, -0.15) is 10.1 Å². The molecular weight excluding hydrogens is 272 g/mol. The molecule has 22 heavy (non-hydrogen) atoms. The summed E-state index contributed by atoms with van der Waals surface area (Å²) in [5.74, 6) is -0.0921. The van der Waals surface area contributed by atoms with Gasteiger partial charge in [0.15, 0.2) is 0 Å². The molecule has 0 bridgehead atoms. The number of anilines is 1. The summed E-state index contributed by atoms with van der Waals surface area (Å²) in [6.07, 6.45) is 3.56. The summed E-state index contributed by atoms with van der Waals surface area (Å²) in [6, 6.07) is 13.7. The Morgan fingerprint density at radius 3 is 2.27 bits per heavy atom. The molecule has 0 N–H and O–H groups in total. The number of aryl methyl sites for hydroxylation is 3. The lowest BCUT2D eigenvalue weighted by Crippen LogP contribution is -2.20. The first kappa shape index (κ1) is 14.3.